The summed E-state index contributed by atoms with van der Waals surface area (Å²) < 4.78 is 0. The number of aliphatic carboxylic acids is 1. The van der Waals surface area contributed by atoms with Gasteiger partial charge in [-0.3, -0.25) is 9.59 Å². The van der Waals surface area contributed by atoms with Gasteiger partial charge in [0.25, 0.3) is 0 Å². The lowest BCUT2D eigenvalue weighted by Gasteiger charge is -2.46. The Balaban J connectivity index is 1.37. The van der Waals surface area contributed by atoms with Crippen molar-refractivity contribution in [2.75, 3.05) is 26.7 Å². The number of nitrogens with one attached hydrogen (secondary N) is 2. The smallest absolute Gasteiger partial charge is 0.353 e. The number of rotatable bonds is 8. The first-order chi connectivity index (χ1) is 15.6. The van der Waals surface area contributed by atoms with Gasteiger partial charge in [-0.15, -0.1) is 11.8 Å². The summed E-state index contributed by atoms with van der Waals surface area (Å²) in [7, 11) is 1.78. The molecule has 0 aromatic carbocycles. The van der Waals surface area contributed by atoms with E-state index in [1.165, 1.54) is 16.7 Å². The van der Waals surface area contributed by atoms with Crippen LogP contribution in [0.15, 0.2) is 10.6 Å². The number of β-lactam (4-membered cyclic amide) rings is 1. The number of amides is 2. The minimum Gasteiger partial charge on any atom is -0.477 e. The number of hydrogen-bond donors (Lipinski definition) is 5. The number of carbonyl (C=O) groups excluding carboxylic acids is 2. The number of fused-ring (bicyclic) bond motifs is 1. The third-order valence-corrected chi connectivity index (χ3v) is 9.06. The van der Waals surface area contributed by atoms with Gasteiger partial charge in [0.15, 0.2) is 0 Å². The van der Waals surface area contributed by atoms with E-state index in [9.17, 15) is 29.7 Å². The standard InChI is InChI=1S/C22H34N4O6S/c1-10-18-17(11(2)27)21(30)26(18)19(22(31)32)20(10)33-13-6-14(24-9-13)15(28)7-16(29)25(3)12-4-5-23-8-12/h10-15,17-18,23-24,27-28H,4-9H2,1-3H3,(H,31,32)/t10?,11?,12?,13?,14?,15?,17?,18-/m0/s1. The molecule has 8 atom stereocenters. The number of aliphatic hydroxyl groups excluding tert-OH is 2. The summed E-state index contributed by atoms with van der Waals surface area (Å²) >= 11 is 1.44. The number of hydrogen-bond acceptors (Lipinski definition) is 8. The van der Waals surface area contributed by atoms with Gasteiger partial charge in [-0.2, -0.15) is 0 Å². The maximum atomic E-state index is 12.6. The first-order valence-electron chi connectivity index (χ1n) is 11.6. The summed E-state index contributed by atoms with van der Waals surface area (Å²) in [6.45, 7) is 5.70. The molecule has 7 unspecified atom stereocenters. The molecule has 184 valence electrons. The van der Waals surface area contributed by atoms with Crippen LogP contribution in [-0.2, 0) is 14.4 Å². The van der Waals surface area contributed by atoms with E-state index in [0.29, 0.717) is 17.9 Å². The average Bonchev–Trinajstić information content (AvgIpc) is 3.48. The van der Waals surface area contributed by atoms with Crippen LogP contribution >= 0.6 is 11.8 Å². The van der Waals surface area contributed by atoms with Gasteiger partial charge in [0.2, 0.25) is 11.8 Å². The van der Waals surface area contributed by atoms with Gasteiger partial charge in [-0.25, -0.2) is 4.79 Å². The van der Waals surface area contributed by atoms with Crippen molar-refractivity contribution in [2.24, 2.45) is 11.8 Å². The van der Waals surface area contributed by atoms with Crippen LogP contribution in [0.3, 0.4) is 0 Å². The highest BCUT2D eigenvalue weighted by Crippen LogP contribution is 2.51. The minimum atomic E-state index is -1.14. The van der Waals surface area contributed by atoms with E-state index in [1.807, 2.05) is 6.92 Å². The van der Waals surface area contributed by atoms with Gasteiger partial charge >= 0.3 is 5.97 Å². The van der Waals surface area contributed by atoms with Crippen LogP contribution in [0.1, 0.15) is 33.1 Å². The van der Waals surface area contributed by atoms with Crippen LogP contribution in [0.4, 0.5) is 0 Å². The van der Waals surface area contributed by atoms with Crippen molar-refractivity contribution < 1.29 is 29.7 Å². The summed E-state index contributed by atoms with van der Waals surface area (Å²) in [5, 5.41) is 37.0. The highest BCUT2D eigenvalue weighted by atomic mass is 32.2. The molecule has 0 radical (unpaired) electrons. The molecule has 0 saturated carbocycles. The molecule has 3 fully saturated rings. The van der Waals surface area contributed by atoms with Crippen LogP contribution < -0.4 is 10.6 Å². The zero-order valence-corrected chi connectivity index (χ0v) is 20.0. The Morgan fingerprint density at radius 2 is 2.03 bits per heavy atom. The van der Waals surface area contributed by atoms with E-state index in [4.69, 9.17) is 0 Å². The molecule has 3 saturated heterocycles. The zero-order chi connectivity index (χ0) is 24.0. The van der Waals surface area contributed by atoms with E-state index < -0.39 is 24.1 Å². The quantitative estimate of drug-likeness (QED) is 0.280. The summed E-state index contributed by atoms with van der Waals surface area (Å²) in [6.07, 6.45) is -0.106. The van der Waals surface area contributed by atoms with E-state index in [0.717, 1.165) is 19.5 Å². The molecule has 4 heterocycles. The lowest BCUT2D eigenvalue weighted by Crippen LogP contribution is -2.63. The first kappa shape index (κ1) is 24.5. The van der Waals surface area contributed by atoms with Crippen molar-refractivity contribution >= 4 is 29.5 Å². The molecule has 0 aliphatic carbocycles. The molecule has 0 aromatic rings. The van der Waals surface area contributed by atoms with Crippen LogP contribution in [0, 0.1) is 11.8 Å². The van der Waals surface area contributed by atoms with Gasteiger partial charge in [0.05, 0.1) is 30.6 Å². The molecular weight excluding hydrogens is 448 g/mol. The fourth-order valence-electron chi connectivity index (χ4n) is 5.61. The molecule has 4 aliphatic heterocycles. The first-order valence-corrected chi connectivity index (χ1v) is 12.5. The van der Waals surface area contributed by atoms with E-state index >= 15 is 0 Å². The summed E-state index contributed by atoms with van der Waals surface area (Å²) in [4.78, 5) is 40.8. The molecule has 0 aromatic heterocycles. The molecule has 0 bridgehead atoms. The van der Waals surface area contributed by atoms with Crippen molar-refractivity contribution in [1.29, 1.82) is 0 Å². The van der Waals surface area contributed by atoms with Gasteiger partial charge < -0.3 is 35.8 Å². The molecule has 2 amide bonds. The van der Waals surface area contributed by atoms with E-state index in [1.54, 1.807) is 18.9 Å². The van der Waals surface area contributed by atoms with Gasteiger partial charge in [-0.1, -0.05) is 6.92 Å². The SMILES string of the molecule is CC(O)C1C(=O)N2C(C(=O)O)=C(SC3CNC(C(O)CC(=O)N(C)C4CCNC4)C3)C(C)[C@@H]12. The summed E-state index contributed by atoms with van der Waals surface area (Å²) in [5.41, 5.74) is 0.0189. The molecule has 10 nitrogen and oxygen atoms in total. The number of likely N-dealkylation sites (N-methyl/N-ethyl adjacent to an activating group) is 1. The zero-order valence-electron chi connectivity index (χ0n) is 19.2. The Morgan fingerprint density at radius 1 is 1.30 bits per heavy atom. The van der Waals surface area contributed by atoms with Crippen LogP contribution in [0.2, 0.25) is 0 Å². The maximum absolute atomic E-state index is 12.6. The van der Waals surface area contributed by atoms with E-state index in [2.05, 4.69) is 10.6 Å². The Labute approximate surface area is 197 Å². The number of thioether (sulfide) groups is 1. The third-order valence-electron chi connectivity index (χ3n) is 7.55. The fourth-order valence-corrected chi connectivity index (χ4v) is 7.11. The van der Waals surface area contributed by atoms with Crippen molar-refractivity contribution in [1.82, 2.24) is 20.4 Å². The largest absolute Gasteiger partial charge is 0.477 e. The van der Waals surface area contributed by atoms with Crippen LogP contribution in [0.5, 0.6) is 0 Å². The Hall–Kier alpha value is -1.66. The second-order valence-corrected chi connectivity index (χ2v) is 11.0. The lowest BCUT2D eigenvalue weighted by molar-refractivity contribution is -0.163. The predicted octanol–water partition coefficient (Wildman–Crippen LogP) is -0.825. The van der Waals surface area contributed by atoms with E-state index in [-0.39, 0.29) is 53.2 Å². The Bertz CT molecular complexity index is 845. The molecule has 4 rings (SSSR count). The van der Waals surface area contributed by atoms with Crippen molar-refractivity contribution in [3.05, 3.63) is 10.6 Å². The average molecular weight is 483 g/mol. The molecule has 5 N–H and O–H groups in total. The maximum Gasteiger partial charge on any atom is 0.353 e. The van der Waals surface area contributed by atoms with Crippen LogP contribution in [0.25, 0.3) is 0 Å². The lowest BCUT2D eigenvalue weighted by atomic mass is 9.79. The minimum absolute atomic E-state index is 0.0158. The topological polar surface area (TPSA) is 142 Å². The number of carboxylic acid groups (broad SMARTS) is 1. The van der Waals surface area contributed by atoms with Crippen molar-refractivity contribution in [2.45, 2.75) is 68.7 Å². The number of nitrogens with zero attached hydrogens (tertiary/aromatic N) is 2. The fraction of sp³-hybridized carbons (Fsp3) is 0.773. The molecule has 0 spiro atoms. The molecule has 11 heteroatoms. The molecule has 4 aliphatic rings. The van der Waals surface area contributed by atoms with Crippen molar-refractivity contribution in [3.63, 3.8) is 0 Å². The van der Waals surface area contributed by atoms with Crippen molar-refractivity contribution in [3.8, 4) is 0 Å². The second kappa shape index (κ2) is 9.53. The monoisotopic (exact) mass is 482 g/mol. The highest BCUT2D eigenvalue weighted by Gasteiger charge is 2.60. The summed E-state index contributed by atoms with van der Waals surface area (Å²) in [6, 6.07) is -0.426. The molecular formula is C22H34N4O6S. The summed E-state index contributed by atoms with van der Waals surface area (Å²) in [5.74, 6) is -2.32. The Kier molecular flexibility index (Phi) is 7.07. The van der Waals surface area contributed by atoms with Gasteiger partial charge in [0, 0.05) is 48.3 Å². The molecule has 33 heavy (non-hydrogen) atoms. The van der Waals surface area contributed by atoms with Gasteiger partial charge in [-0.05, 0) is 26.3 Å². The number of carboxylic acids is 1. The predicted molar refractivity (Wildman–Crippen MR) is 122 cm³/mol. The number of carbonyl (C=O) groups is 3. The Morgan fingerprint density at radius 3 is 2.64 bits per heavy atom. The third kappa shape index (κ3) is 4.41. The second-order valence-electron chi connectivity index (χ2n) is 9.68. The van der Waals surface area contributed by atoms with Gasteiger partial charge in [0.1, 0.15) is 5.70 Å². The normalized spacial score (nSPS) is 35.4. The van der Waals surface area contributed by atoms with Crippen LogP contribution in [-0.4, -0.2) is 105 Å². The number of aliphatic hydroxyl groups is 2. The highest BCUT2D eigenvalue weighted by molar-refractivity contribution is 8.03.